The van der Waals surface area contributed by atoms with Gasteiger partial charge in [0.2, 0.25) is 5.91 Å². The Morgan fingerprint density at radius 1 is 1.50 bits per heavy atom. The molecule has 0 aliphatic heterocycles. The molecule has 18 heavy (non-hydrogen) atoms. The molecule has 0 spiro atoms. The maximum absolute atomic E-state index is 11.8. The Hall–Kier alpha value is -1.82. The lowest BCUT2D eigenvalue weighted by molar-refractivity contribution is -0.124. The molecule has 6 heteroatoms. The van der Waals surface area contributed by atoms with Crippen LogP contribution < -0.4 is 16.4 Å². The van der Waals surface area contributed by atoms with Crippen LogP contribution in [0.25, 0.3) is 0 Å². The van der Waals surface area contributed by atoms with Crippen LogP contribution in [0.4, 0.5) is 0 Å². The molecule has 1 unspecified atom stereocenters. The molecule has 6 nitrogen and oxygen atoms in total. The van der Waals surface area contributed by atoms with Crippen LogP contribution in [0.5, 0.6) is 0 Å². The van der Waals surface area contributed by atoms with E-state index < -0.39 is 11.6 Å². The van der Waals surface area contributed by atoms with Crippen molar-refractivity contribution in [3.05, 3.63) is 24.2 Å². The molecule has 0 saturated carbocycles. The Balaban J connectivity index is 2.53. The Morgan fingerprint density at radius 2 is 2.17 bits per heavy atom. The minimum atomic E-state index is -0.641. The molecule has 0 saturated heterocycles. The maximum Gasteiger partial charge on any atom is 0.255 e. The van der Waals surface area contributed by atoms with Crippen molar-refractivity contribution >= 4 is 11.8 Å². The summed E-state index contributed by atoms with van der Waals surface area (Å²) < 4.78 is 4.80. The summed E-state index contributed by atoms with van der Waals surface area (Å²) in [5, 5.41) is 5.33. The normalized spacial score (nSPS) is 12.9. The first-order valence-corrected chi connectivity index (χ1v) is 5.71. The summed E-state index contributed by atoms with van der Waals surface area (Å²) in [5.74, 6) is -0.626. The summed E-state index contributed by atoms with van der Waals surface area (Å²) in [4.78, 5) is 23.5. The second-order valence-corrected chi connectivity index (χ2v) is 4.78. The summed E-state index contributed by atoms with van der Waals surface area (Å²) >= 11 is 0. The van der Waals surface area contributed by atoms with Crippen LogP contribution in [0, 0.1) is 0 Å². The standard InChI is InChI=1S/C12H19N3O3/c1-8(10(16)15-12(2,3)7-13)14-11(17)9-4-5-18-6-9/h4-6,8H,7,13H2,1-3H3,(H,14,17)(H,15,16). The number of hydrogen-bond acceptors (Lipinski definition) is 4. The van der Waals surface area contributed by atoms with Gasteiger partial charge in [-0.2, -0.15) is 0 Å². The van der Waals surface area contributed by atoms with Gasteiger partial charge in [0.05, 0.1) is 11.8 Å². The van der Waals surface area contributed by atoms with E-state index in [1.807, 2.05) is 13.8 Å². The molecule has 1 heterocycles. The zero-order valence-electron chi connectivity index (χ0n) is 10.8. The lowest BCUT2D eigenvalue weighted by atomic mass is 10.1. The predicted molar refractivity (Wildman–Crippen MR) is 66.9 cm³/mol. The monoisotopic (exact) mass is 253 g/mol. The van der Waals surface area contributed by atoms with Crippen LogP contribution in [0.1, 0.15) is 31.1 Å². The van der Waals surface area contributed by atoms with Crippen molar-refractivity contribution in [2.75, 3.05) is 6.54 Å². The van der Waals surface area contributed by atoms with Gasteiger partial charge in [0.1, 0.15) is 12.3 Å². The highest BCUT2D eigenvalue weighted by molar-refractivity contribution is 5.97. The van der Waals surface area contributed by atoms with Crippen molar-refractivity contribution in [1.82, 2.24) is 10.6 Å². The summed E-state index contributed by atoms with van der Waals surface area (Å²) in [5.41, 5.74) is 5.41. The molecule has 0 bridgehead atoms. The molecule has 0 aromatic carbocycles. The first-order valence-electron chi connectivity index (χ1n) is 5.71. The third-order valence-electron chi connectivity index (χ3n) is 2.50. The Labute approximate surface area is 106 Å². The van der Waals surface area contributed by atoms with Gasteiger partial charge >= 0.3 is 0 Å². The van der Waals surface area contributed by atoms with Crippen molar-refractivity contribution in [3.63, 3.8) is 0 Å². The average molecular weight is 253 g/mol. The first-order chi connectivity index (χ1) is 8.35. The van der Waals surface area contributed by atoms with Crippen molar-refractivity contribution in [3.8, 4) is 0 Å². The predicted octanol–water partition coefficient (Wildman–Crippen LogP) is 0.251. The number of furan rings is 1. The maximum atomic E-state index is 11.8. The zero-order chi connectivity index (χ0) is 13.8. The number of amides is 2. The van der Waals surface area contributed by atoms with E-state index in [0.29, 0.717) is 12.1 Å². The molecule has 4 N–H and O–H groups in total. The van der Waals surface area contributed by atoms with E-state index >= 15 is 0 Å². The molecule has 0 radical (unpaired) electrons. The lowest BCUT2D eigenvalue weighted by Gasteiger charge is -2.26. The molecular weight excluding hydrogens is 234 g/mol. The highest BCUT2D eigenvalue weighted by atomic mass is 16.3. The van der Waals surface area contributed by atoms with Crippen molar-refractivity contribution in [2.24, 2.45) is 5.73 Å². The Morgan fingerprint density at radius 3 is 2.67 bits per heavy atom. The van der Waals surface area contributed by atoms with Crippen LogP contribution in [0.2, 0.25) is 0 Å². The number of rotatable bonds is 5. The van der Waals surface area contributed by atoms with E-state index in [1.165, 1.54) is 18.6 Å². The van der Waals surface area contributed by atoms with Gasteiger partial charge in [-0.15, -0.1) is 0 Å². The number of hydrogen-bond donors (Lipinski definition) is 3. The summed E-state index contributed by atoms with van der Waals surface area (Å²) in [6.45, 7) is 5.56. The minimum absolute atomic E-state index is 0.276. The van der Waals surface area contributed by atoms with Gasteiger partial charge in [-0.05, 0) is 26.8 Å². The van der Waals surface area contributed by atoms with E-state index in [9.17, 15) is 9.59 Å². The SMILES string of the molecule is CC(NC(=O)c1ccoc1)C(=O)NC(C)(C)CN. The molecule has 0 aliphatic rings. The zero-order valence-corrected chi connectivity index (χ0v) is 10.8. The Bertz CT molecular complexity index is 412. The average Bonchev–Trinajstić information content (AvgIpc) is 2.81. The first kappa shape index (κ1) is 14.2. The van der Waals surface area contributed by atoms with Crippen molar-refractivity contribution < 1.29 is 14.0 Å². The topological polar surface area (TPSA) is 97.4 Å². The molecule has 100 valence electrons. The van der Waals surface area contributed by atoms with Crippen LogP contribution in [-0.4, -0.2) is 29.9 Å². The van der Waals surface area contributed by atoms with Gasteiger partial charge in [0, 0.05) is 12.1 Å². The Kier molecular flexibility index (Phi) is 4.49. The fourth-order valence-corrected chi connectivity index (χ4v) is 1.23. The second-order valence-electron chi connectivity index (χ2n) is 4.78. The van der Waals surface area contributed by atoms with Crippen molar-refractivity contribution in [2.45, 2.75) is 32.4 Å². The smallest absolute Gasteiger partial charge is 0.255 e. The lowest BCUT2D eigenvalue weighted by Crippen LogP contribution is -2.54. The van der Waals surface area contributed by atoms with E-state index in [1.54, 1.807) is 6.92 Å². The van der Waals surface area contributed by atoms with E-state index in [2.05, 4.69) is 10.6 Å². The number of carbonyl (C=O) groups excluding carboxylic acids is 2. The van der Waals surface area contributed by atoms with Gasteiger partial charge in [0.15, 0.2) is 0 Å². The number of nitrogens with two attached hydrogens (primary N) is 1. The quantitative estimate of drug-likeness (QED) is 0.700. The molecular formula is C12H19N3O3. The fraction of sp³-hybridized carbons (Fsp3) is 0.500. The van der Waals surface area contributed by atoms with Gasteiger partial charge < -0.3 is 20.8 Å². The molecule has 0 aliphatic carbocycles. The van der Waals surface area contributed by atoms with E-state index in [-0.39, 0.29) is 11.8 Å². The molecule has 1 atom stereocenters. The molecule has 0 fully saturated rings. The summed E-state index contributed by atoms with van der Waals surface area (Å²) in [7, 11) is 0. The second kappa shape index (κ2) is 5.68. The molecule has 2 amide bonds. The third kappa shape index (κ3) is 3.89. The number of nitrogens with one attached hydrogen (secondary N) is 2. The van der Waals surface area contributed by atoms with Crippen LogP contribution in [0.15, 0.2) is 23.0 Å². The summed E-state index contributed by atoms with van der Waals surface area (Å²) in [6.07, 6.45) is 2.72. The summed E-state index contributed by atoms with van der Waals surface area (Å²) in [6, 6.07) is 0.891. The number of carbonyl (C=O) groups is 2. The van der Waals surface area contributed by atoms with Gasteiger partial charge in [-0.25, -0.2) is 0 Å². The van der Waals surface area contributed by atoms with Crippen molar-refractivity contribution in [1.29, 1.82) is 0 Å². The van der Waals surface area contributed by atoms with E-state index in [4.69, 9.17) is 10.2 Å². The van der Waals surface area contributed by atoms with Gasteiger partial charge in [0.25, 0.3) is 5.91 Å². The van der Waals surface area contributed by atoms with Crippen LogP contribution >= 0.6 is 0 Å². The third-order valence-corrected chi connectivity index (χ3v) is 2.50. The van der Waals surface area contributed by atoms with Gasteiger partial charge in [-0.3, -0.25) is 9.59 Å². The molecule has 1 rings (SSSR count). The van der Waals surface area contributed by atoms with Gasteiger partial charge in [-0.1, -0.05) is 0 Å². The minimum Gasteiger partial charge on any atom is -0.472 e. The van der Waals surface area contributed by atoms with Crippen LogP contribution in [0.3, 0.4) is 0 Å². The van der Waals surface area contributed by atoms with Crippen LogP contribution in [-0.2, 0) is 4.79 Å². The highest BCUT2D eigenvalue weighted by Crippen LogP contribution is 2.02. The largest absolute Gasteiger partial charge is 0.472 e. The highest BCUT2D eigenvalue weighted by Gasteiger charge is 2.23. The molecule has 1 aromatic rings. The molecule has 1 aromatic heterocycles. The van der Waals surface area contributed by atoms with E-state index in [0.717, 1.165) is 0 Å². The fourth-order valence-electron chi connectivity index (χ4n) is 1.23.